The van der Waals surface area contributed by atoms with Crippen LogP contribution in [0.5, 0.6) is 0 Å². The van der Waals surface area contributed by atoms with Crippen LogP contribution in [0.2, 0.25) is 0 Å². The minimum absolute atomic E-state index is 0.0885. The SMILES string of the molecule is O=C(c1cc(Br)cs1)N1CCN(c2cc(Nc3ccccn3)ncn2)CC1. The number of hydrogen-bond donors (Lipinski definition) is 1. The van der Waals surface area contributed by atoms with Gasteiger partial charge >= 0.3 is 0 Å². The zero-order valence-electron chi connectivity index (χ0n) is 14.4. The Bertz CT molecular complexity index is 926. The Kier molecular flexibility index (Phi) is 5.30. The molecule has 3 aromatic rings. The van der Waals surface area contributed by atoms with Crippen molar-refractivity contribution in [2.75, 3.05) is 36.4 Å². The second-order valence-electron chi connectivity index (χ2n) is 6.01. The summed E-state index contributed by atoms with van der Waals surface area (Å²) in [6, 6.07) is 9.45. The van der Waals surface area contributed by atoms with E-state index in [1.165, 1.54) is 11.3 Å². The molecule has 0 radical (unpaired) electrons. The van der Waals surface area contributed by atoms with Gasteiger partial charge in [-0.1, -0.05) is 6.07 Å². The van der Waals surface area contributed by atoms with Crippen molar-refractivity contribution in [3.05, 3.63) is 57.6 Å². The molecule has 1 N–H and O–H groups in total. The fraction of sp³-hybridized carbons (Fsp3) is 0.222. The third-order valence-electron chi connectivity index (χ3n) is 4.24. The molecule has 1 amide bonds. The molecule has 3 aromatic heterocycles. The first-order valence-electron chi connectivity index (χ1n) is 8.47. The van der Waals surface area contributed by atoms with Gasteiger partial charge in [-0.15, -0.1) is 11.3 Å². The molecule has 9 heteroatoms. The molecule has 4 heterocycles. The Morgan fingerprint density at radius 3 is 2.63 bits per heavy atom. The van der Waals surface area contributed by atoms with Gasteiger partial charge < -0.3 is 15.1 Å². The molecule has 0 unspecified atom stereocenters. The van der Waals surface area contributed by atoms with Crippen molar-refractivity contribution >= 4 is 50.6 Å². The lowest BCUT2D eigenvalue weighted by molar-refractivity contribution is 0.0751. The fourth-order valence-electron chi connectivity index (χ4n) is 2.88. The first-order chi connectivity index (χ1) is 13.2. The smallest absolute Gasteiger partial charge is 0.264 e. The van der Waals surface area contributed by atoms with Gasteiger partial charge in [0.25, 0.3) is 5.91 Å². The molecule has 4 rings (SSSR count). The molecule has 0 atom stereocenters. The highest BCUT2D eigenvalue weighted by atomic mass is 79.9. The molecule has 138 valence electrons. The van der Waals surface area contributed by atoms with E-state index in [2.05, 4.69) is 41.1 Å². The number of halogens is 1. The van der Waals surface area contributed by atoms with Crippen molar-refractivity contribution in [2.45, 2.75) is 0 Å². The van der Waals surface area contributed by atoms with E-state index in [9.17, 15) is 4.79 Å². The van der Waals surface area contributed by atoms with E-state index in [0.717, 1.165) is 34.1 Å². The van der Waals surface area contributed by atoms with Gasteiger partial charge in [-0.25, -0.2) is 15.0 Å². The lowest BCUT2D eigenvalue weighted by Gasteiger charge is -2.35. The average molecular weight is 445 g/mol. The van der Waals surface area contributed by atoms with Crippen LogP contribution < -0.4 is 10.2 Å². The number of nitrogens with zero attached hydrogens (tertiary/aromatic N) is 5. The Balaban J connectivity index is 1.39. The number of anilines is 3. The van der Waals surface area contributed by atoms with E-state index < -0.39 is 0 Å². The number of nitrogens with one attached hydrogen (secondary N) is 1. The lowest BCUT2D eigenvalue weighted by atomic mass is 10.3. The minimum Gasteiger partial charge on any atom is -0.353 e. The third-order valence-corrected chi connectivity index (χ3v) is 5.92. The third kappa shape index (κ3) is 4.25. The van der Waals surface area contributed by atoms with Crippen molar-refractivity contribution in [1.82, 2.24) is 19.9 Å². The predicted octanol–water partition coefficient (Wildman–Crippen LogP) is 3.40. The molecule has 0 aromatic carbocycles. The lowest BCUT2D eigenvalue weighted by Crippen LogP contribution is -2.48. The van der Waals surface area contributed by atoms with Crippen LogP contribution >= 0.6 is 27.3 Å². The first-order valence-corrected chi connectivity index (χ1v) is 10.1. The van der Waals surface area contributed by atoms with Crippen molar-refractivity contribution in [3.8, 4) is 0 Å². The second-order valence-corrected chi connectivity index (χ2v) is 7.84. The molecule has 0 saturated carbocycles. The highest BCUT2D eigenvalue weighted by Crippen LogP contribution is 2.23. The highest BCUT2D eigenvalue weighted by Gasteiger charge is 2.24. The molecular formula is C18H17BrN6OS. The summed E-state index contributed by atoms with van der Waals surface area (Å²) in [5.41, 5.74) is 0. The Labute approximate surface area is 169 Å². The largest absolute Gasteiger partial charge is 0.353 e. The van der Waals surface area contributed by atoms with Crippen LogP contribution in [0, 0.1) is 0 Å². The molecule has 1 aliphatic heterocycles. The second kappa shape index (κ2) is 8.01. The standard InChI is InChI=1S/C18H17BrN6OS/c19-13-9-14(27-11-13)18(26)25-7-5-24(6-8-25)17-10-16(21-12-22-17)23-15-3-1-2-4-20-15/h1-4,9-12H,5-8H2,(H,20,21,22,23). The van der Waals surface area contributed by atoms with Gasteiger partial charge in [0, 0.05) is 48.3 Å². The van der Waals surface area contributed by atoms with Crippen LogP contribution in [-0.2, 0) is 0 Å². The van der Waals surface area contributed by atoms with Crippen molar-refractivity contribution in [2.24, 2.45) is 0 Å². The molecule has 1 aliphatic rings. The average Bonchev–Trinajstić information content (AvgIpc) is 3.15. The van der Waals surface area contributed by atoms with Crippen LogP contribution in [0.4, 0.5) is 17.5 Å². The Morgan fingerprint density at radius 2 is 1.93 bits per heavy atom. The number of carbonyl (C=O) groups is 1. The number of rotatable bonds is 4. The molecule has 0 spiro atoms. The van der Waals surface area contributed by atoms with Gasteiger partial charge in [0.05, 0.1) is 4.88 Å². The van der Waals surface area contributed by atoms with Crippen LogP contribution in [0.1, 0.15) is 9.67 Å². The van der Waals surface area contributed by atoms with Crippen LogP contribution in [0.3, 0.4) is 0 Å². The Hall–Kier alpha value is -2.52. The minimum atomic E-state index is 0.0885. The summed E-state index contributed by atoms with van der Waals surface area (Å²) in [5.74, 6) is 2.36. The first kappa shape index (κ1) is 17.9. The van der Waals surface area contributed by atoms with Crippen molar-refractivity contribution in [3.63, 3.8) is 0 Å². The monoisotopic (exact) mass is 444 g/mol. The highest BCUT2D eigenvalue weighted by molar-refractivity contribution is 9.10. The summed E-state index contributed by atoms with van der Waals surface area (Å²) >= 11 is 4.87. The summed E-state index contributed by atoms with van der Waals surface area (Å²) in [5, 5.41) is 5.11. The zero-order chi connectivity index (χ0) is 18.6. The number of piperazine rings is 1. The molecular weight excluding hydrogens is 428 g/mol. The molecule has 1 saturated heterocycles. The van der Waals surface area contributed by atoms with E-state index in [4.69, 9.17) is 0 Å². The van der Waals surface area contributed by atoms with Crippen molar-refractivity contribution in [1.29, 1.82) is 0 Å². The summed E-state index contributed by atoms with van der Waals surface area (Å²) < 4.78 is 0.948. The molecule has 7 nitrogen and oxygen atoms in total. The van der Waals surface area contributed by atoms with E-state index >= 15 is 0 Å². The summed E-state index contributed by atoms with van der Waals surface area (Å²) in [7, 11) is 0. The number of amides is 1. The molecule has 0 bridgehead atoms. The van der Waals surface area contributed by atoms with E-state index in [1.807, 2.05) is 40.6 Å². The molecule has 1 fully saturated rings. The van der Waals surface area contributed by atoms with E-state index in [-0.39, 0.29) is 5.91 Å². The topological polar surface area (TPSA) is 74.2 Å². The Morgan fingerprint density at radius 1 is 1.07 bits per heavy atom. The summed E-state index contributed by atoms with van der Waals surface area (Å²) in [6.45, 7) is 2.80. The fourth-order valence-corrected chi connectivity index (χ4v) is 4.27. The summed E-state index contributed by atoms with van der Waals surface area (Å²) in [6.07, 6.45) is 3.27. The van der Waals surface area contributed by atoms with Gasteiger partial charge in [0.2, 0.25) is 0 Å². The number of hydrogen-bond acceptors (Lipinski definition) is 7. The van der Waals surface area contributed by atoms with E-state index in [0.29, 0.717) is 18.9 Å². The number of carbonyl (C=O) groups excluding carboxylic acids is 1. The van der Waals surface area contributed by atoms with Gasteiger partial charge in [0.15, 0.2) is 0 Å². The van der Waals surface area contributed by atoms with E-state index in [1.54, 1.807) is 12.5 Å². The number of thiophene rings is 1. The van der Waals surface area contributed by atoms with Gasteiger partial charge in [-0.05, 0) is 34.1 Å². The predicted molar refractivity (Wildman–Crippen MR) is 110 cm³/mol. The normalized spacial score (nSPS) is 14.3. The maximum atomic E-state index is 12.6. The maximum Gasteiger partial charge on any atom is 0.264 e. The number of pyridine rings is 1. The summed E-state index contributed by atoms with van der Waals surface area (Å²) in [4.78, 5) is 30.3. The maximum absolute atomic E-state index is 12.6. The van der Waals surface area contributed by atoms with Crippen LogP contribution in [-0.4, -0.2) is 51.9 Å². The van der Waals surface area contributed by atoms with Crippen molar-refractivity contribution < 1.29 is 4.79 Å². The molecule has 27 heavy (non-hydrogen) atoms. The van der Waals surface area contributed by atoms with Gasteiger partial charge in [-0.3, -0.25) is 4.79 Å². The zero-order valence-corrected chi connectivity index (χ0v) is 16.8. The van der Waals surface area contributed by atoms with Gasteiger partial charge in [0.1, 0.15) is 23.8 Å². The van der Waals surface area contributed by atoms with Crippen LogP contribution in [0.15, 0.2) is 52.7 Å². The van der Waals surface area contributed by atoms with Crippen LogP contribution in [0.25, 0.3) is 0 Å². The molecule has 0 aliphatic carbocycles. The number of aromatic nitrogens is 3. The van der Waals surface area contributed by atoms with Gasteiger partial charge in [-0.2, -0.15) is 0 Å². The quantitative estimate of drug-likeness (QED) is 0.664.